The maximum atomic E-state index is 12.4. The second kappa shape index (κ2) is 8.56. The highest BCUT2D eigenvalue weighted by Gasteiger charge is 2.17. The summed E-state index contributed by atoms with van der Waals surface area (Å²) in [6.45, 7) is 3.53. The first-order chi connectivity index (χ1) is 9.93. The minimum Gasteiger partial charge on any atom is -0.434 e. The van der Waals surface area contributed by atoms with E-state index in [1.807, 2.05) is 13.8 Å². The second-order valence-corrected chi connectivity index (χ2v) is 4.87. The van der Waals surface area contributed by atoms with Crippen LogP contribution in [0.5, 0.6) is 5.75 Å². The summed E-state index contributed by atoms with van der Waals surface area (Å²) in [5.41, 5.74) is 0.530. The predicted molar refractivity (Wildman–Crippen MR) is 77.4 cm³/mol. The number of hydrogen-bond acceptors (Lipinski definition) is 3. The van der Waals surface area contributed by atoms with Crippen LogP contribution in [0.15, 0.2) is 24.3 Å². The Hall–Kier alpha value is -1.69. The highest BCUT2D eigenvalue weighted by Crippen LogP contribution is 2.26. The van der Waals surface area contributed by atoms with E-state index in [1.165, 1.54) is 6.07 Å². The molecule has 6 heteroatoms. The van der Waals surface area contributed by atoms with E-state index in [0.717, 1.165) is 6.54 Å². The van der Waals surface area contributed by atoms with E-state index in [1.54, 1.807) is 25.1 Å². The van der Waals surface area contributed by atoms with Crippen LogP contribution in [0.4, 0.5) is 8.78 Å². The van der Waals surface area contributed by atoms with Crippen molar-refractivity contribution in [3.63, 3.8) is 0 Å². The number of ether oxygens (including phenoxy) is 1. The minimum atomic E-state index is -2.89. The number of halogens is 2. The third-order valence-corrected chi connectivity index (χ3v) is 3.02. The second-order valence-electron chi connectivity index (χ2n) is 4.87. The molecule has 1 rings (SSSR count). The zero-order chi connectivity index (χ0) is 15.8. The molecule has 118 valence electrons. The van der Waals surface area contributed by atoms with Crippen LogP contribution < -0.4 is 15.4 Å². The summed E-state index contributed by atoms with van der Waals surface area (Å²) in [5, 5.41) is 5.94. The lowest BCUT2D eigenvalue weighted by Gasteiger charge is -2.19. The van der Waals surface area contributed by atoms with E-state index in [9.17, 15) is 13.6 Å². The van der Waals surface area contributed by atoms with Gasteiger partial charge in [0.25, 0.3) is 0 Å². The number of hydrogen-bond donors (Lipinski definition) is 2. The Morgan fingerprint density at radius 3 is 2.57 bits per heavy atom. The van der Waals surface area contributed by atoms with Gasteiger partial charge in [0.2, 0.25) is 5.91 Å². The van der Waals surface area contributed by atoms with Crippen LogP contribution in [0.2, 0.25) is 0 Å². The van der Waals surface area contributed by atoms with Crippen molar-refractivity contribution in [2.24, 2.45) is 0 Å². The summed E-state index contributed by atoms with van der Waals surface area (Å²) in [4.78, 5) is 11.9. The van der Waals surface area contributed by atoms with E-state index >= 15 is 0 Å². The highest BCUT2D eigenvalue weighted by molar-refractivity contribution is 5.77. The lowest BCUT2D eigenvalue weighted by Crippen LogP contribution is -2.34. The van der Waals surface area contributed by atoms with Crippen molar-refractivity contribution in [1.82, 2.24) is 10.6 Å². The normalized spacial score (nSPS) is 13.8. The van der Waals surface area contributed by atoms with E-state index in [4.69, 9.17) is 0 Å². The van der Waals surface area contributed by atoms with Crippen molar-refractivity contribution in [2.75, 3.05) is 6.54 Å². The van der Waals surface area contributed by atoms with E-state index in [0.29, 0.717) is 12.0 Å². The molecule has 0 fully saturated rings. The number of para-hydroxylation sites is 1. The molecule has 2 N–H and O–H groups in total. The average Bonchev–Trinajstić information content (AvgIpc) is 2.38. The molecule has 0 bridgehead atoms. The first-order valence-corrected chi connectivity index (χ1v) is 7.00. The molecular formula is C15H22F2N2O2. The average molecular weight is 300 g/mol. The summed E-state index contributed by atoms with van der Waals surface area (Å²) < 4.78 is 29.2. The first-order valence-electron chi connectivity index (χ1n) is 7.00. The Morgan fingerprint density at radius 2 is 1.95 bits per heavy atom. The van der Waals surface area contributed by atoms with E-state index in [-0.39, 0.29) is 17.7 Å². The third-order valence-electron chi connectivity index (χ3n) is 3.02. The fourth-order valence-electron chi connectivity index (χ4n) is 2.12. The fourth-order valence-corrected chi connectivity index (χ4v) is 2.12. The van der Waals surface area contributed by atoms with Crippen molar-refractivity contribution in [2.45, 2.75) is 45.9 Å². The topological polar surface area (TPSA) is 50.4 Å². The standard InChI is InChI=1S/C15H22F2N2O2/c1-4-18-10(2)9-14(20)19-11(3)12-7-5-6-8-13(12)21-15(16)17/h5-8,10-11,15,18H,4,9H2,1-3H3,(H,19,20). The van der Waals surface area contributed by atoms with Gasteiger partial charge >= 0.3 is 6.61 Å². The van der Waals surface area contributed by atoms with Crippen LogP contribution in [0.3, 0.4) is 0 Å². The monoisotopic (exact) mass is 300 g/mol. The van der Waals surface area contributed by atoms with Crippen LogP contribution in [0, 0.1) is 0 Å². The largest absolute Gasteiger partial charge is 0.434 e. The molecular weight excluding hydrogens is 278 g/mol. The van der Waals surface area contributed by atoms with Gasteiger partial charge in [-0.3, -0.25) is 4.79 Å². The number of carbonyl (C=O) groups excluding carboxylic acids is 1. The molecule has 21 heavy (non-hydrogen) atoms. The quantitative estimate of drug-likeness (QED) is 0.776. The molecule has 0 aliphatic heterocycles. The van der Waals surface area contributed by atoms with E-state index in [2.05, 4.69) is 15.4 Å². The molecule has 2 atom stereocenters. The molecule has 1 aromatic carbocycles. The van der Waals surface area contributed by atoms with Gasteiger partial charge in [0.15, 0.2) is 0 Å². The fraction of sp³-hybridized carbons (Fsp3) is 0.533. The maximum Gasteiger partial charge on any atom is 0.387 e. The Morgan fingerprint density at radius 1 is 1.29 bits per heavy atom. The number of rotatable bonds is 8. The lowest BCUT2D eigenvalue weighted by atomic mass is 10.1. The van der Waals surface area contributed by atoms with Crippen molar-refractivity contribution >= 4 is 5.91 Å². The van der Waals surface area contributed by atoms with Crippen LogP contribution in [0.1, 0.15) is 38.8 Å². The smallest absolute Gasteiger partial charge is 0.387 e. The van der Waals surface area contributed by atoms with Crippen LogP contribution in [0.25, 0.3) is 0 Å². The molecule has 0 aromatic heterocycles. The molecule has 2 unspecified atom stereocenters. The van der Waals surface area contributed by atoms with Crippen molar-refractivity contribution in [1.29, 1.82) is 0 Å². The number of amides is 1. The van der Waals surface area contributed by atoms with Gasteiger partial charge in [-0.25, -0.2) is 0 Å². The van der Waals surface area contributed by atoms with Crippen LogP contribution >= 0.6 is 0 Å². The van der Waals surface area contributed by atoms with Gasteiger partial charge < -0.3 is 15.4 Å². The van der Waals surface area contributed by atoms with Crippen LogP contribution in [-0.2, 0) is 4.79 Å². The Kier molecular flexibility index (Phi) is 7.08. The molecule has 0 aliphatic rings. The van der Waals surface area contributed by atoms with Gasteiger partial charge in [0, 0.05) is 18.0 Å². The summed E-state index contributed by atoms with van der Waals surface area (Å²) in [7, 11) is 0. The van der Waals surface area contributed by atoms with Gasteiger partial charge in [-0.1, -0.05) is 25.1 Å². The van der Waals surface area contributed by atoms with Gasteiger partial charge in [-0.05, 0) is 26.5 Å². The minimum absolute atomic E-state index is 0.0646. The Labute approximate surface area is 123 Å². The Balaban J connectivity index is 2.66. The molecule has 1 aromatic rings. The van der Waals surface area contributed by atoms with Gasteiger partial charge in [0.05, 0.1) is 6.04 Å². The molecule has 0 saturated carbocycles. The molecule has 4 nitrogen and oxygen atoms in total. The SMILES string of the molecule is CCNC(C)CC(=O)NC(C)c1ccccc1OC(F)F. The molecule has 0 saturated heterocycles. The Bertz CT molecular complexity index is 455. The van der Waals surface area contributed by atoms with Gasteiger partial charge in [0.1, 0.15) is 5.75 Å². The molecule has 0 heterocycles. The summed E-state index contributed by atoms with van der Waals surface area (Å²) >= 11 is 0. The van der Waals surface area contributed by atoms with E-state index < -0.39 is 12.7 Å². The van der Waals surface area contributed by atoms with Crippen molar-refractivity contribution < 1.29 is 18.3 Å². The van der Waals surface area contributed by atoms with Gasteiger partial charge in [-0.2, -0.15) is 8.78 Å². The number of benzene rings is 1. The number of alkyl halides is 2. The van der Waals surface area contributed by atoms with Crippen LogP contribution in [-0.4, -0.2) is 25.1 Å². The van der Waals surface area contributed by atoms with Crippen molar-refractivity contribution in [3.05, 3.63) is 29.8 Å². The summed E-state index contributed by atoms with van der Waals surface area (Å²) in [6, 6.07) is 6.12. The number of nitrogens with one attached hydrogen (secondary N) is 2. The van der Waals surface area contributed by atoms with Gasteiger partial charge in [-0.15, -0.1) is 0 Å². The molecule has 0 radical (unpaired) electrons. The number of carbonyl (C=O) groups is 1. The highest BCUT2D eigenvalue weighted by atomic mass is 19.3. The molecule has 0 spiro atoms. The predicted octanol–water partition coefficient (Wildman–Crippen LogP) is 2.85. The molecule has 1 amide bonds. The zero-order valence-electron chi connectivity index (χ0n) is 12.5. The van der Waals surface area contributed by atoms with Crippen molar-refractivity contribution in [3.8, 4) is 5.75 Å². The molecule has 0 aliphatic carbocycles. The first kappa shape index (κ1) is 17.4. The third kappa shape index (κ3) is 6.08. The summed E-state index contributed by atoms with van der Waals surface area (Å²) in [6.07, 6.45) is 0.329. The maximum absolute atomic E-state index is 12.4. The lowest BCUT2D eigenvalue weighted by molar-refractivity contribution is -0.122. The summed E-state index contributed by atoms with van der Waals surface area (Å²) in [5.74, 6) is -0.0529. The zero-order valence-corrected chi connectivity index (χ0v) is 12.5.